The Morgan fingerprint density at radius 3 is 2.47 bits per heavy atom. The maximum Gasteiger partial charge on any atom is 0.283 e. The third kappa shape index (κ3) is 3.41. The number of rotatable bonds is 7. The van der Waals surface area contributed by atoms with Crippen molar-refractivity contribution in [1.29, 1.82) is 0 Å². The average molecular weight is 334 g/mol. The Labute approximate surface area is 118 Å². The van der Waals surface area contributed by atoms with Crippen LogP contribution in [0.5, 0.6) is 0 Å². The van der Waals surface area contributed by atoms with Crippen molar-refractivity contribution in [3.05, 3.63) is 33.7 Å². The zero-order chi connectivity index (χ0) is 14.5. The van der Waals surface area contributed by atoms with Crippen LogP contribution in [0.3, 0.4) is 0 Å². The first-order chi connectivity index (χ1) is 9.03. The van der Waals surface area contributed by atoms with E-state index in [-0.39, 0.29) is 22.3 Å². The highest BCUT2D eigenvalue weighted by molar-refractivity contribution is 9.10. The molecule has 0 aromatic carbocycles. The Kier molecular flexibility index (Phi) is 5.67. The summed E-state index contributed by atoms with van der Waals surface area (Å²) < 4.78 is 1.39. The number of aliphatic hydroxyl groups excluding tert-OH is 3. The number of hydrogen-bond acceptors (Lipinski definition) is 6. The third-order valence-corrected chi connectivity index (χ3v) is 3.36. The summed E-state index contributed by atoms with van der Waals surface area (Å²) in [4.78, 5) is 11.9. The maximum atomic E-state index is 11.9. The molecule has 106 valence electrons. The number of halogens is 1. The molecule has 0 aliphatic rings. The fourth-order valence-corrected chi connectivity index (χ4v) is 1.76. The summed E-state index contributed by atoms with van der Waals surface area (Å²) in [5, 5.41) is 34.3. The standard InChI is InChI=1S/C11H16BrN3O4/c1-2-3-15-10(19)9(12)8(4-13-15)14-11(5-16,6-17)7-18/h2,4,14,16-18H,1,3,5-7H2. The summed E-state index contributed by atoms with van der Waals surface area (Å²) in [6.07, 6.45) is 2.90. The van der Waals surface area contributed by atoms with E-state index in [0.29, 0.717) is 0 Å². The minimum Gasteiger partial charge on any atom is -0.394 e. The number of aliphatic hydroxyl groups is 3. The Hall–Kier alpha value is -1.22. The quantitative estimate of drug-likeness (QED) is 0.492. The van der Waals surface area contributed by atoms with Gasteiger partial charge in [0.15, 0.2) is 0 Å². The topological polar surface area (TPSA) is 108 Å². The van der Waals surface area contributed by atoms with Gasteiger partial charge in [0.2, 0.25) is 0 Å². The first-order valence-corrected chi connectivity index (χ1v) is 6.30. The lowest BCUT2D eigenvalue weighted by molar-refractivity contribution is 0.0833. The molecule has 8 heteroatoms. The molecule has 0 saturated heterocycles. The molecular weight excluding hydrogens is 318 g/mol. The zero-order valence-electron chi connectivity index (χ0n) is 10.2. The average Bonchev–Trinajstić information content (AvgIpc) is 2.44. The van der Waals surface area contributed by atoms with E-state index in [4.69, 9.17) is 0 Å². The number of aromatic nitrogens is 2. The molecule has 0 radical (unpaired) electrons. The van der Waals surface area contributed by atoms with E-state index in [1.54, 1.807) is 0 Å². The van der Waals surface area contributed by atoms with Crippen molar-refractivity contribution < 1.29 is 15.3 Å². The summed E-state index contributed by atoms with van der Waals surface area (Å²) in [5.41, 5.74) is -1.42. The molecule has 0 saturated carbocycles. The highest BCUT2D eigenvalue weighted by Crippen LogP contribution is 2.20. The van der Waals surface area contributed by atoms with Gasteiger partial charge in [0, 0.05) is 0 Å². The van der Waals surface area contributed by atoms with Gasteiger partial charge in [-0.3, -0.25) is 4.79 Å². The molecule has 1 aromatic rings. The van der Waals surface area contributed by atoms with Crippen molar-refractivity contribution in [2.75, 3.05) is 25.1 Å². The van der Waals surface area contributed by atoms with E-state index in [9.17, 15) is 20.1 Å². The Bertz CT molecular complexity index is 491. The van der Waals surface area contributed by atoms with Crippen LogP contribution in [-0.2, 0) is 6.54 Å². The zero-order valence-corrected chi connectivity index (χ0v) is 11.8. The van der Waals surface area contributed by atoms with Crippen LogP contribution in [0.1, 0.15) is 0 Å². The molecule has 0 atom stereocenters. The molecule has 0 aliphatic heterocycles. The van der Waals surface area contributed by atoms with Gasteiger partial charge in [0.05, 0.1) is 38.2 Å². The van der Waals surface area contributed by atoms with Crippen LogP contribution in [0.4, 0.5) is 5.69 Å². The molecule has 19 heavy (non-hydrogen) atoms. The number of allylic oxidation sites excluding steroid dienone is 1. The second-order valence-electron chi connectivity index (χ2n) is 4.03. The second kappa shape index (κ2) is 6.80. The van der Waals surface area contributed by atoms with Crippen LogP contribution in [0.2, 0.25) is 0 Å². The Morgan fingerprint density at radius 1 is 1.42 bits per heavy atom. The van der Waals surface area contributed by atoms with E-state index in [1.165, 1.54) is 17.0 Å². The van der Waals surface area contributed by atoms with Crippen LogP contribution in [0.15, 0.2) is 28.1 Å². The van der Waals surface area contributed by atoms with E-state index < -0.39 is 25.4 Å². The van der Waals surface area contributed by atoms with E-state index in [0.717, 1.165) is 0 Å². The van der Waals surface area contributed by atoms with Gasteiger partial charge in [-0.2, -0.15) is 5.10 Å². The van der Waals surface area contributed by atoms with Crippen molar-refractivity contribution >= 4 is 21.6 Å². The predicted molar refractivity (Wildman–Crippen MR) is 74.0 cm³/mol. The minimum absolute atomic E-state index is 0.198. The molecule has 0 unspecified atom stereocenters. The summed E-state index contributed by atoms with van der Waals surface area (Å²) in [6.45, 7) is 2.29. The van der Waals surface area contributed by atoms with Crippen molar-refractivity contribution in [3.63, 3.8) is 0 Å². The summed E-state index contributed by atoms with van der Waals surface area (Å²) >= 11 is 3.13. The van der Waals surface area contributed by atoms with Gasteiger partial charge in [0.1, 0.15) is 10.0 Å². The Morgan fingerprint density at radius 2 is 2.00 bits per heavy atom. The highest BCUT2D eigenvalue weighted by Gasteiger charge is 2.29. The van der Waals surface area contributed by atoms with E-state index >= 15 is 0 Å². The number of hydrogen-bond donors (Lipinski definition) is 4. The largest absolute Gasteiger partial charge is 0.394 e. The van der Waals surface area contributed by atoms with Crippen molar-refractivity contribution in [2.24, 2.45) is 0 Å². The third-order valence-electron chi connectivity index (χ3n) is 2.59. The number of anilines is 1. The maximum absolute atomic E-state index is 11.9. The fraction of sp³-hybridized carbons (Fsp3) is 0.455. The summed E-state index contributed by atoms with van der Waals surface area (Å²) in [6, 6.07) is 0. The molecule has 0 aliphatic carbocycles. The second-order valence-corrected chi connectivity index (χ2v) is 4.82. The molecule has 4 N–H and O–H groups in total. The van der Waals surface area contributed by atoms with Crippen LogP contribution < -0.4 is 10.9 Å². The van der Waals surface area contributed by atoms with Gasteiger partial charge in [-0.15, -0.1) is 6.58 Å². The lowest BCUT2D eigenvalue weighted by Gasteiger charge is -2.30. The molecule has 1 aromatic heterocycles. The van der Waals surface area contributed by atoms with Crippen LogP contribution in [0, 0.1) is 0 Å². The molecule has 7 nitrogen and oxygen atoms in total. The predicted octanol–water partition coefficient (Wildman–Crippen LogP) is -0.681. The molecule has 0 spiro atoms. The molecule has 1 rings (SSSR count). The van der Waals surface area contributed by atoms with E-state index in [2.05, 4.69) is 32.9 Å². The summed E-state index contributed by atoms with van der Waals surface area (Å²) in [5.74, 6) is 0. The highest BCUT2D eigenvalue weighted by atomic mass is 79.9. The van der Waals surface area contributed by atoms with Crippen molar-refractivity contribution in [2.45, 2.75) is 12.1 Å². The van der Waals surface area contributed by atoms with Gasteiger partial charge in [-0.05, 0) is 15.9 Å². The molecular formula is C11H16BrN3O4. The van der Waals surface area contributed by atoms with Crippen molar-refractivity contribution in [1.82, 2.24) is 9.78 Å². The molecule has 1 heterocycles. The number of nitrogens with one attached hydrogen (secondary N) is 1. The fourth-order valence-electron chi connectivity index (χ4n) is 1.36. The lowest BCUT2D eigenvalue weighted by atomic mass is 10.0. The van der Waals surface area contributed by atoms with Gasteiger partial charge in [-0.1, -0.05) is 6.08 Å². The monoisotopic (exact) mass is 333 g/mol. The van der Waals surface area contributed by atoms with Crippen LogP contribution in [-0.4, -0.2) is 50.5 Å². The molecule has 0 fully saturated rings. The first-order valence-electron chi connectivity index (χ1n) is 5.51. The minimum atomic E-state index is -1.32. The molecule has 0 bridgehead atoms. The SMILES string of the molecule is C=CCn1ncc(NC(CO)(CO)CO)c(Br)c1=O. The van der Waals surface area contributed by atoms with Gasteiger partial charge in [0.25, 0.3) is 5.56 Å². The van der Waals surface area contributed by atoms with Gasteiger partial charge >= 0.3 is 0 Å². The molecule has 0 amide bonds. The van der Waals surface area contributed by atoms with E-state index in [1.807, 2.05) is 0 Å². The summed E-state index contributed by atoms with van der Waals surface area (Å²) in [7, 11) is 0. The van der Waals surface area contributed by atoms with Crippen molar-refractivity contribution in [3.8, 4) is 0 Å². The number of nitrogens with zero attached hydrogens (tertiary/aromatic N) is 2. The Balaban J connectivity index is 3.13. The van der Waals surface area contributed by atoms with Crippen LogP contribution in [0.25, 0.3) is 0 Å². The van der Waals surface area contributed by atoms with Crippen LogP contribution >= 0.6 is 15.9 Å². The smallest absolute Gasteiger partial charge is 0.283 e. The van der Waals surface area contributed by atoms with Gasteiger partial charge < -0.3 is 20.6 Å². The van der Waals surface area contributed by atoms with Gasteiger partial charge in [-0.25, -0.2) is 4.68 Å². The lowest BCUT2D eigenvalue weighted by Crippen LogP contribution is -2.49. The normalized spacial score (nSPS) is 11.4. The first kappa shape index (κ1) is 15.8.